The van der Waals surface area contributed by atoms with E-state index < -0.39 is 17.5 Å². The van der Waals surface area contributed by atoms with Gasteiger partial charge in [0.05, 0.1) is 29.8 Å². The van der Waals surface area contributed by atoms with Crippen LogP contribution in [-0.2, 0) is 5.54 Å². The lowest BCUT2D eigenvalue weighted by Gasteiger charge is -2.32. The maximum Gasteiger partial charge on any atom is 0.418 e. The molecule has 4 N–H and O–H groups in total. The fourth-order valence-electron chi connectivity index (χ4n) is 3.61. The van der Waals surface area contributed by atoms with Gasteiger partial charge in [0.15, 0.2) is 0 Å². The summed E-state index contributed by atoms with van der Waals surface area (Å²) < 4.78 is 48.8. The Morgan fingerprint density at radius 3 is 2.62 bits per heavy atom. The van der Waals surface area contributed by atoms with Crippen LogP contribution in [0.4, 0.5) is 13.2 Å². The largest absolute Gasteiger partial charge is 0.496 e. The first-order valence-corrected chi connectivity index (χ1v) is 8.61. The van der Waals surface area contributed by atoms with E-state index in [4.69, 9.17) is 15.7 Å². The molecule has 0 fully saturated rings. The minimum Gasteiger partial charge on any atom is -0.496 e. The summed E-state index contributed by atoms with van der Waals surface area (Å²) in [5.41, 5.74) is 5.02. The SMILES string of the molecule is COc1cc(C)c2[nH]ccc2c1C(N)(c1nc2ccc(C#N)cc2[nH]1)C(F)(F)F. The summed E-state index contributed by atoms with van der Waals surface area (Å²) in [6, 6.07) is 9.38. The molecule has 4 rings (SSSR count). The van der Waals surface area contributed by atoms with Gasteiger partial charge in [-0.3, -0.25) is 0 Å². The zero-order valence-corrected chi connectivity index (χ0v) is 15.5. The fraction of sp³-hybridized carbons (Fsp3) is 0.200. The predicted octanol–water partition coefficient (Wildman–Crippen LogP) is 4.00. The van der Waals surface area contributed by atoms with E-state index in [9.17, 15) is 13.2 Å². The quantitative estimate of drug-likeness (QED) is 0.484. The van der Waals surface area contributed by atoms with Gasteiger partial charge in [0, 0.05) is 22.7 Å². The maximum absolute atomic E-state index is 14.5. The Morgan fingerprint density at radius 2 is 1.97 bits per heavy atom. The first-order valence-electron chi connectivity index (χ1n) is 8.61. The van der Waals surface area contributed by atoms with Crippen molar-refractivity contribution in [3.8, 4) is 11.8 Å². The summed E-state index contributed by atoms with van der Waals surface area (Å²) in [5.74, 6) is -0.479. The lowest BCUT2D eigenvalue weighted by Crippen LogP contribution is -2.52. The Labute approximate surface area is 163 Å². The van der Waals surface area contributed by atoms with Crippen LogP contribution in [0.1, 0.15) is 22.5 Å². The van der Waals surface area contributed by atoms with Gasteiger partial charge in [0.1, 0.15) is 11.6 Å². The van der Waals surface area contributed by atoms with Crippen molar-refractivity contribution >= 4 is 21.9 Å². The van der Waals surface area contributed by atoms with Crippen molar-refractivity contribution in [1.29, 1.82) is 5.26 Å². The van der Waals surface area contributed by atoms with Gasteiger partial charge in [-0.25, -0.2) is 4.98 Å². The molecule has 0 saturated heterocycles. The Kier molecular flexibility index (Phi) is 4.06. The zero-order valence-electron chi connectivity index (χ0n) is 15.5. The number of benzene rings is 2. The molecule has 1 atom stereocenters. The van der Waals surface area contributed by atoms with Gasteiger partial charge in [0.25, 0.3) is 0 Å². The molecule has 9 heteroatoms. The highest BCUT2D eigenvalue weighted by Crippen LogP contribution is 2.48. The van der Waals surface area contributed by atoms with Crippen LogP contribution < -0.4 is 10.5 Å². The summed E-state index contributed by atoms with van der Waals surface area (Å²) >= 11 is 0. The van der Waals surface area contributed by atoms with Gasteiger partial charge in [0.2, 0.25) is 5.54 Å². The molecule has 29 heavy (non-hydrogen) atoms. The number of aromatic nitrogens is 3. The second-order valence-electron chi connectivity index (χ2n) is 6.77. The van der Waals surface area contributed by atoms with Crippen molar-refractivity contribution in [3.05, 3.63) is 59.0 Å². The number of alkyl halides is 3. The van der Waals surface area contributed by atoms with Crippen LogP contribution in [0.5, 0.6) is 5.75 Å². The summed E-state index contributed by atoms with van der Waals surface area (Å²) in [6.07, 6.45) is -3.35. The molecule has 1 unspecified atom stereocenters. The Balaban J connectivity index is 2.09. The number of nitriles is 1. The van der Waals surface area contributed by atoms with E-state index in [-0.39, 0.29) is 22.3 Å². The molecule has 0 aliphatic carbocycles. The van der Waals surface area contributed by atoms with Crippen molar-refractivity contribution in [2.45, 2.75) is 18.6 Å². The highest BCUT2D eigenvalue weighted by molar-refractivity contribution is 5.90. The molecule has 0 radical (unpaired) electrons. The van der Waals surface area contributed by atoms with Crippen molar-refractivity contribution in [3.63, 3.8) is 0 Å². The number of nitrogens with one attached hydrogen (secondary N) is 2. The smallest absolute Gasteiger partial charge is 0.418 e. The maximum atomic E-state index is 14.5. The summed E-state index contributed by atoms with van der Waals surface area (Å²) in [4.78, 5) is 9.73. The molecule has 0 bridgehead atoms. The molecular weight excluding hydrogens is 383 g/mol. The topological polar surface area (TPSA) is 104 Å². The van der Waals surface area contributed by atoms with E-state index in [0.717, 1.165) is 5.56 Å². The number of methoxy groups -OCH3 is 1. The number of fused-ring (bicyclic) bond motifs is 2. The number of hydrogen-bond acceptors (Lipinski definition) is 4. The number of rotatable bonds is 3. The van der Waals surface area contributed by atoms with Crippen LogP contribution in [0.25, 0.3) is 21.9 Å². The van der Waals surface area contributed by atoms with Crippen LogP contribution in [0.3, 0.4) is 0 Å². The standard InChI is InChI=1S/C20H16F3N5O/c1-10-7-15(29-2)16(12-5-6-26-17(10)12)19(25,20(21,22)23)18-27-13-4-3-11(9-24)8-14(13)28-18/h3-8,26H,25H2,1-2H3,(H,27,28). The van der Waals surface area contributed by atoms with Crippen molar-refractivity contribution in [2.75, 3.05) is 7.11 Å². The van der Waals surface area contributed by atoms with Gasteiger partial charge in [-0.1, -0.05) is 0 Å². The fourth-order valence-corrected chi connectivity index (χ4v) is 3.61. The minimum absolute atomic E-state index is 0.00703. The Bertz CT molecular complexity index is 1280. The molecule has 2 heterocycles. The highest BCUT2D eigenvalue weighted by atomic mass is 19.4. The van der Waals surface area contributed by atoms with Crippen LogP contribution in [-0.4, -0.2) is 28.2 Å². The van der Waals surface area contributed by atoms with Crippen molar-refractivity contribution in [1.82, 2.24) is 15.0 Å². The molecule has 0 aliphatic rings. The van der Waals surface area contributed by atoms with Gasteiger partial charge in [-0.05, 0) is 42.8 Å². The van der Waals surface area contributed by atoms with Crippen LogP contribution in [0.15, 0.2) is 36.5 Å². The second-order valence-corrected chi connectivity index (χ2v) is 6.77. The first-order chi connectivity index (χ1) is 13.7. The van der Waals surface area contributed by atoms with Crippen LogP contribution in [0, 0.1) is 18.3 Å². The van der Waals surface area contributed by atoms with E-state index in [2.05, 4.69) is 15.0 Å². The predicted molar refractivity (Wildman–Crippen MR) is 101 cm³/mol. The number of aromatic amines is 2. The monoisotopic (exact) mass is 399 g/mol. The van der Waals surface area contributed by atoms with E-state index in [0.29, 0.717) is 16.5 Å². The van der Waals surface area contributed by atoms with Crippen molar-refractivity contribution in [2.24, 2.45) is 5.73 Å². The molecule has 0 aliphatic heterocycles. The third-order valence-corrected chi connectivity index (χ3v) is 5.05. The van der Waals surface area contributed by atoms with E-state index in [1.54, 1.807) is 13.1 Å². The zero-order chi connectivity index (χ0) is 21.0. The van der Waals surface area contributed by atoms with Crippen molar-refractivity contribution < 1.29 is 17.9 Å². The molecular formula is C20H16F3N5O. The number of aryl methyl sites for hydroxylation is 1. The lowest BCUT2D eigenvalue weighted by molar-refractivity contribution is -0.178. The average molecular weight is 399 g/mol. The average Bonchev–Trinajstić information content (AvgIpc) is 3.33. The number of halogens is 3. The number of imidazole rings is 1. The molecule has 2 aromatic heterocycles. The van der Waals surface area contributed by atoms with E-state index in [1.165, 1.54) is 37.4 Å². The molecule has 4 aromatic rings. The number of hydrogen-bond donors (Lipinski definition) is 3. The second kappa shape index (κ2) is 6.25. The highest BCUT2D eigenvalue weighted by Gasteiger charge is 2.59. The summed E-state index contributed by atoms with van der Waals surface area (Å²) in [5, 5.41) is 9.34. The number of ether oxygens (including phenoxy) is 1. The normalized spacial score (nSPS) is 14.1. The van der Waals surface area contributed by atoms with E-state index in [1.807, 2.05) is 6.07 Å². The Hall–Kier alpha value is -3.51. The molecule has 148 valence electrons. The van der Waals surface area contributed by atoms with Gasteiger partial charge >= 0.3 is 6.18 Å². The van der Waals surface area contributed by atoms with E-state index >= 15 is 0 Å². The van der Waals surface area contributed by atoms with Crippen LogP contribution >= 0.6 is 0 Å². The lowest BCUT2D eigenvalue weighted by atomic mass is 9.85. The van der Waals surface area contributed by atoms with Crippen LogP contribution in [0.2, 0.25) is 0 Å². The molecule has 2 aromatic carbocycles. The number of nitrogens with two attached hydrogens (primary N) is 1. The van der Waals surface area contributed by atoms with Gasteiger partial charge < -0.3 is 20.4 Å². The molecule has 0 amide bonds. The minimum atomic E-state index is -4.90. The first kappa shape index (κ1) is 18.8. The Morgan fingerprint density at radius 1 is 1.21 bits per heavy atom. The molecule has 0 saturated carbocycles. The third-order valence-electron chi connectivity index (χ3n) is 5.05. The summed E-state index contributed by atoms with van der Waals surface area (Å²) in [6.45, 7) is 1.77. The molecule has 0 spiro atoms. The van der Waals surface area contributed by atoms with Gasteiger partial charge in [-0.15, -0.1) is 0 Å². The molecule has 6 nitrogen and oxygen atoms in total. The summed E-state index contributed by atoms with van der Waals surface area (Å²) in [7, 11) is 1.30. The number of H-pyrrole nitrogens is 2. The van der Waals surface area contributed by atoms with Gasteiger partial charge in [-0.2, -0.15) is 18.4 Å². The number of nitrogens with zero attached hydrogens (tertiary/aromatic N) is 2. The third kappa shape index (κ3) is 2.64.